The number of ether oxygens (including phenoxy) is 6. The molecular weight excluding hydrogens is 1100 g/mol. The molecule has 2 aromatic carbocycles. The van der Waals surface area contributed by atoms with Crippen LogP contribution in [0.15, 0.2) is 73.3 Å². The van der Waals surface area contributed by atoms with Crippen molar-refractivity contribution in [2.45, 2.75) is 169 Å². The molecule has 0 N–H and O–H groups in total. The maximum absolute atomic E-state index is 15.1. The number of amides is 4. The van der Waals surface area contributed by atoms with E-state index < -0.39 is 96.1 Å². The number of rotatable bonds is 18. The second-order valence-electron chi connectivity index (χ2n) is 23.9. The average Bonchev–Trinajstić information content (AvgIpc) is 2.62. The largest absolute Gasteiger partial charge is 0.480 e. The summed E-state index contributed by atoms with van der Waals surface area (Å²) in [6, 6.07) is 9.21. The monoisotopic (exact) mass is 1190 g/mol. The van der Waals surface area contributed by atoms with Crippen LogP contribution in [-0.2, 0) is 83.0 Å². The van der Waals surface area contributed by atoms with E-state index in [1.807, 2.05) is 79.7 Å². The smallest absolute Gasteiger partial charge is 0.329 e. The van der Waals surface area contributed by atoms with Crippen molar-refractivity contribution in [3.63, 3.8) is 0 Å². The van der Waals surface area contributed by atoms with Crippen LogP contribution in [0.4, 0.5) is 0 Å². The fourth-order valence-electron chi connectivity index (χ4n) is 10.1. The number of esters is 4. The zero-order valence-corrected chi connectivity index (χ0v) is 52.8. The number of cyclic esters (lactones) is 4. The first kappa shape index (κ1) is 68.7. The molecule has 468 valence electrons. The van der Waals surface area contributed by atoms with Crippen LogP contribution in [-0.4, -0.2) is 178 Å². The highest BCUT2D eigenvalue weighted by Gasteiger charge is 2.43. The van der Waals surface area contributed by atoms with E-state index in [-0.39, 0.29) is 62.2 Å². The quantitative estimate of drug-likeness (QED) is 0.0766. The fraction of sp³-hybridized carbons (Fsp3) is 0.562. The number of carbonyl (C=O) groups excluding carboxylic acids is 8. The standard InChI is InChI=1S/C64H88N8O14/c1-37(2)25-49-61(77)83-41(9)57(73)69(11)52(28-40(7)8)64(80)86-54(32-46-23-19-44(20-24-46)30-48-34-66-36-56(68-48)82-16)60(76)72(14)50(26-38(3)4)62(78)84-42(10)58(74)70(12)51(27-39(5)6)63(79)85-53(59(75)71(49)13)31-45-21-17-43(18-22-45)29-47-33-65-35-55(67-47)81-15/h17-24,33-42,49-54H,25-32H2,1-16H3/t41-,42-,49-,50+,51+,52+,53-,54-/m1/s1. The Morgan fingerprint density at radius 2 is 0.674 bits per heavy atom. The van der Waals surface area contributed by atoms with Gasteiger partial charge < -0.3 is 48.0 Å². The molecule has 0 spiro atoms. The minimum absolute atomic E-state index is 0.0635. The Labute approximate surface area is 506 Å². The fourth-order valence-corrected chi connectivity index (χ4v) is 10.1. The lowest BCUT2D eigenvalue weighted by molar-refractivity contribution is -0.176. The van der Waals surface area contributed by atoms with Gasteiger partial charge in [0, 0.05) is 66.3 Å². The van der Waals surface area contributed by atoms with Gasteiger partial charge in [0.05, 0.1) is 38.0 Å². The summed E-state index contributed by atoms with van der Waals surface area (Å²) in [6.07, 6.45) is 0.839. The highest BCUT2D eigenvalue weighted by Crippen LogP contribution is 2.25. The van der Waals surface area contributed by atoms with Crippen molar-refractivity contribution in [1.82, 2.24) is 39.5 Å². The van der Waals surface area contributed by atoms with Gasteiger partial charge in [0.15, 0.2) is 24.4 Å². The maximum atomic E-state index is 15.1. The van der Waals surface area contributed by atoms with Crippen LogP contribution in [0.3, 0.4) is 0 Å². The van der Waals surface area contributed by atoms with Gasteiger partial charge in [-0.15, -0.1) is 0 Å². The normalized spacial score (nSPS) is 22.3. The Morgan fingerprint density at radius 1 is 0.407 bits per heavy atom. The molecule has 4 amide bonds. The first-order valence-corrected chi connectivity index (χ1v) is 29.3. The third kappa shape index (κ3) is 19.5. The summed E-state index contributed by atoms with van der Waals surface area (Å²) in [5.74, 6) is -6.95. The van der Waals surface area contributed by atoms with Crippen LogP contribution in [0.5, 0.6) is 11.8 Å². The van der Waals surface area contributed by atoms with E-state index in [0.29, 0.717) is 47.1 Å². The van der Waals surface area contributed by atoms with E-state index in [1.54, 1.807) is 36.7 Å². The molecule has 0 radical (unpaired) electrons. The van der Waals surface area contributed by atoms with Gasteiger partial charge >= 0.3 is 23.9 Å². The van der Waals surface area contributed by atoms with Crippen molar-refractivity contribution in [2.75, 3.05) is 42.4 Å². The minimum atomic E-state index is -1.56. The molecule has 1 aliphatic rings. The summed E-state index contributed by atoms with van der Waals surface area (Å²) < 4.78 is 34.7. The minimum Gasteiger partial charge on any atom is -0.480 e. The average molecular weight is 1190 g/mol. The summed E-state index contributed by atoms with van der Waals surface area (Å²) in [6.45, 7) is 17.4. The number of benzene rings is 2. The molecule has 22 heteroatoms. The molecule has 22 nitrogen and oxygen atoms in total. The molecule has 3 heterocycles. The third-order valence-corrected chi connectivity index (χ3v) is 14.9. The molecule has 1 aliphatic heterocycles. The van der Waals surface area contributed by atoms with Gasteiger partial charge in [-0.25, -0.2) is 29.1 Å². The van der Waals surface area contributed by atoms with Gasteiger partial charge in [0.25, 0.3) is 23.6 Å². The van der Waals surface area contributed by atoms with Crippen LogP contribution in [0.2, 0.25) is 0 Å². The SMILES string of the molecule is COc1cncc(Cc2ccc(C[C@H]3OC(=O)[C@H](CC(C)C)N(C)C(=O)[C@@H](C)OC(=O)[C@H](CC(C)C)N(C)C(=O)[C@@H](Cc4ccc(Cc5cncc(OC)n5)cc4)OC(=O)[C@H](CC(C)C)N(C)C(=O)[C@@H](C)OC(=O)[C@@H](CC(C)C)N(C)C3=O)cc2)n1. The topological polar surface area (TPSA) is 256 Å². The number of hydrogen-bond acceptors (Lipinski definition) is 18. The predicted octanol–water partition coefficient (Wildman–Crippen LogP) is 6.44. The Morgan fingerprint density at radius 3 is 0.953 bits per heavy atom. The molecule has 1 fully saturated rings. The number of methoxy groups -OCH3 is 2. The van der Waals surface area contributed by atoms with E-state index in [2.05, 4.69) is 19.9 Å². The second-order valence-corrected chi connectivity index (χ2v) is 23.9. The van der Waals surface area contributed by atoms with Gasteiger partial charge in [0.2, 0.25) is 11.8 Å². The van der Waals surface area contributed by atoms with E-state index in [1.165, 1.54) is 68.7 Å². The van der Waals surface area contributed by atoms with Crippen molar-refractivity contribution >= 4 is 47.5 Å². The van der Waals surface area contributed by atoms with Crippen molar-refractivity contribution in [3.05, 3.63) is 107 Å². The summed E-state index contributed by atoms with van der Waals surface area (Å²) >= 11 is 0. The van der Waals surface area contributed by atoms with E-state index in [9.17, 15) is 28.8 Å². The molecule has 8 atom stereocenters. The number of aromatic nitrogens is 4. The molecule has 1 saturated heterocycles. The number of nitrogens with zero attached hydrogens (tertiary/aromatic N) is 8. The Bertz CT molecular complexity index is 2740. The maximum Gasteiger partial charge on any atom is 0.329 e. The summed E-state index contributed by atoms with van der Waals surface area (Å²) in [5.41, 5.74) is 4.18. The molecule has 0 saturated carbocycles. The Hall–Kier alpha value is -8.04. The van der Waals surface area contributed by atoms with Gasteiger partial charge in [0.1, 0.15) is 24.2 Å². The zero-order chi connectivity index (χ0) is 63.7. The Kier molecular flexibility index (Phi) is 25.5. The van der Waals surface area contributed by atoms with Gasteiger partial charge in [-0.05, 0) is 85.5 Å². The third-order valence-electron chi connectivity index (χ3n) is 14.9. The van der Waals surface area contributed by atoms with Crippen LogP contribution in [0, 0.1) is 23.7 Å². The van der Waals surface area contributed by atoms with Gasteiger partial charge in [-0.2, -0.15) is 0 Å². The van der Waals surface area contributed by atoms with E-state index in [4.69, 9.17) is 28.4 Å². The van der Waals surface area contributed by atoms with Crippen molar-refractivity contribution in [3.8, 4) is 11.8 Å². The van der Waals surface area contributed by atoms with Crippen LogP contribution in [0.25, 0.3) is 0 Å². The van der Waals surface area contributed by atoms with Gasteiger partial charge in [-0.1, -0.05) is 104 Å². The number of carbonyl (C=O) groups is 8. The molecule has 5 rings (SSSR count). The first-order valence-electron chi connectivity index (χ1n) is 29.3. The van der Waals surface area contributed by atoms with Crippen LogP contribution < -0.4 is 9.47 Å². The number of hydrogen-bond donors (Lipinski definition) is 0. The van der Waals surface area contributed by atoms with Crippen molar-refractivity contribution in [1.29, 1.82) is 0 Å². The molecule has 2 aromatic heterocycles. The highest BCUT2D eigenvalue weighted by molar-refractivity contribution is 5.94. The van der Waals surface area contributed by atoms with Crippen molar-refractivity contribution < 1.29 is 66.8 Å². The lowest BCUT2D eigenvalue weighted by atomic mass is 9.99. The summed E-state index contributed by atoms with van der Waals surface area (Å²) in [5, 5.41) is 0. The van der Waals surface area contributed by atoms with Gasteiger partial charge in [-0.3, -0.25) is 29.1 Å². The molecular formula is C64H88N8O14. The molecule has 0 unspecified atom stereocenters. The predicted molar refractivity (Wildman–Crippen MR) is 318 cm³/mol. The van der Waals surface area contributed by atoms with E-state index in [0.717, 1.165) is 30.7 Å². The lowest BCUT2D eigenvalue weighted by Crippen LogP contribution is -2.55. The highest BCUT2D eigenvalue weighted by atomic mass is 16.6. The number of likely N-dealkylation sites (N-methyl/N-ethyl adjacent to an activating group) is 4. The first-order chi connectivity index (χ1) is 40.6. The van der Waals surface area contributed by atoms with Crippen molar-refractivity contribution in [2.24, 2.45) is 23.7 Å². The summed E-state index contributed by atoms with van der Waals surface area (Å²) in [7, 11) is 8.52. The second kappa shape index (κ2) is 31.9. The van der Waals surface area contributed by atoms with E-state index >= 15 is 9.59 Å². The lowest BCUT2D eigenvalue weighted by Gasteiger charge is -2.35. The Balaban J connectivity index is 1.58. The summed E-state index contributed by atoms with van der Waals surface area (Å²) in [4.78, 5) is 140. The van der Waals surface area contributed by atoms with Crippen LogP contribution in [0.1, 0.15) is 129 Å². The molecule has 0 aliphatic carbocycles. The van der Waals surface area contributed by atoms with Crippen LogP contribution >= 0.6 is 0 Å². The molecule has 4 aromatic rings. The molecule has 0 bridgehead atoms. The molecule has 86 heavy (non-hydrogen) atoms. The zero-order valence-electron chi connectivity index (χ0n) is 52.8.